The third-order valence-electron chi connectivity index (χ3n) is 5.50. The Morgan fingerprint density at radius 1 is 0.756 bits per heavy atom. The number of fused-ring (bicyclic) bond motifs is 2. The highest BCUT2D eigenvalue weighted by Crippen LogP contribution is 2.29. The second kappa shape index (κ2) is 22.9. The number of nitrogens with two attached hydrogens (primary N) is 1. The molecule has 3 rings (SSSR count). The normalized spacial score (nSPS) is 21.8. The van der Waals surface area contributed by atoms with Crippen LogP contribution in [0.15, 0.2) is 42.5 Å². The first-order chi connectivity index (χ1) is 20.1. The van der Waals surface area contributed by atoms with E-state index in [4.69, 9.17) is 48.4 Å². The highest BCUT2D eigenvalue weighted by atomic mass is 16.6. The molecule has 1 aliphatic carbocycles. The minimum atomic E-state index is -0.844. The lowest BCUT2D eigenvalue weighted by molar-refractivity contribution is -0.0641. The molecule has 0 saturated heterocycles. The van der Waals surface area contributed by atoms with E-state index in [-0.39, 0.29) is 18.8 Å². The summed E-state index contributed by atoms with van der Waals surface area (Å²) < 4.78 is 55.2. The van der Waals surface area contributed by atoms with Gasteiger partial charge in [0.25, 0.3) is 0 Å². The maximum absolute atomic E-state index is 10.9. The third-order valence-corrected chi connectivity index (χ3v) is 5.50. The highest BCUT2D eigenvalue weighted by Gasteiger charge is 2.19. The van der Waals surface area contributed by atoms with Crippen LogP contribution in [0.5, 0.6) is 11.5 Å². The highest BCUT2D eigenvalue weighted by molar-refractivity contribution is 5.64. The van der Waals surface area contributed by atoms with Crippen molar-refractivity contribution in [3.05, 3.63) is 48.1 Å². The average molecular weight is 584 g/mol. The Kier molecular flexibility index (Phi) is 19.3. The molecule has 1 heterocycles. The van der Waals surface area contributed by atoms with Crippen molar-refractivity contribution >= 4 is 6.09 Å². The van der Waals surface area contributed by atoms with Crippen LogP contribution in [0.3, 0.4) is 0 Å². The molecule has 0 radical (unpaired) electrons. The van der Waals surface area contributed by atoms with Gasteiger partial charge < -0.3 is 53.1 Å². The van der Waals surface area contributed by atoms with Gasteiger partial charge >= 0.3 is 6.09 Å². The molecule has 2 aliphatic rings. The van der Waals surface area contributed by atoms with Gasteiger partial charge in [-0.1, -0.05) is 30.4 Å². The number of rotatable bonds is 3. The van der Waals surface area contributed by atoms with Gasteiger partial charge in [0.2, 0.25) is 0 Å². The van der Waals surface area contributed by atoms with Gasteiger partial charge in [0.05, 0.1) is 66.1 Å². The number of carbonyl (C=O) groups is 1. The van der Waals surface area contributed by atoms with Gasteiger partial charge in [-0.05, 0) is 24.6 Å². The molecule has 0 saturated carbocycles. The summed E-state index contributed by atoms with van der Waals surface area (Å²) in [7, 11) is 1.68. The molecule has 12 nitrogen and oxygen atoms in total. The Morgan fingerprint density at radius 3 is 1.71 bits per heavy atom. The summed E-state index contributed by atoms with van der Waals surface area (Å²) in [6.45, 7) is 7.73. The minimum absolute atomic E-state index is 0.0338. The van der Waals surface area contributed by atoms with E-state index in [2.05, 4.69) is 4.74 Å². The largest absolute Gasteiger partial charge is 0.487 e. The number of ether oxygens (including phenoxy) is 10. The molecule has 0 fully saturated rings. The van der Waals surface area contributed by atoms with Crippen LogP contribution in [0.25, 0.3) is 0 Å². The van der Waals surface area contributed by atoms with Gasteiger partial charge in [-0.15, -0.1) is 0 Å². The van der Waals surface area contributed by atoms with E-state index in [9.17, 15) is 4.79 Å². The maximum atomic E-state index is 10.9. The maximum Gasteiger partial charge on any atom is 0.404 e. The lowest BCUT2D eigenvalue weighted by atomic mass is 10.1. The van der Waals surface area contributed by atoms with Crippen LogP contribution < -0.4 is 15.2 Å². The fourth-order valence-corrected chi connectivity index (χ4v) is 3.45. The zero-order valence-corrected chi connectivity index (χ0v) is 24.2. The van der Waals surface area contributed by atoms with E-state index < -0.39 is 6.09 Å². The van der Waals surface area contributed by atoms with Crippen LogP contribution in [0.2, 0.25) is 0 Å². The molecule has 2 unspecified atom stereocenters. The number of hydrogen-bond acceptors (Lipinski definition) is 11. The third kappa shape index (κ3) is 16.4. The summed E-state index contributed by atoms with van der Waals surface area (Å²) in [5.41, 5.74) is 5.77. The smallest absolute Gasteiger partial charge is 0.404 e. The molecule has 12 heteroatoms. The molecule has 232 valence electrons. The summed E-state index contributed by atoms with van der Waals surface area (Å²) in [6.07, 6.45) is 6.67. The Bertz CT molecular complexity index is 878. The average Bonchev–Trinajstić information content (AvgIpc) is 2.98. The van der Waals surface area contributed by atoms with Gasteiger partial charge in [0.15, 0.2) is 11.5 Å². The molecular weight excluding hydrogens is 538 g/mol. The van der Waals surface area contributed by atoms with E-state index in [0.717, 1.165) is 6.61 Å². The fourth-order valence-electron chi connectivity index (χ4n) is 3.45. The Morgan fingerprint density at radius 2 is 1.22 bits per heavy atom. The Hall–Kier alpha value is -2.71. The fraction of sp³-hybridized carbons (Fsp3) is 0.621. The van der Waals surface area contributed by atoms with Gasteiger partial charge in [-0.2, -0.15) is 0 Å². The van der Waals surface area contributed by atoms with Crippen molar-refractivity contribution in [3.8, 4) is 11.5 Å². The second-order valence-electron chi connectivity index (χ2n) is 8.55. The van der Waals surface area contributed by atoms with E-state index in [1.807, 2.05) is 31.2 Å². The summed E-state index contributed by atoms with van der Waals surface area (Å²) in [4.78, 5) is 10.9. The Balaban J connectivity index is 0.00000138. The number of methoxy groups -OCH3 is 1. The molecule has 1 aromatic rings. The van der Waals surface area contributed by atoms with Crippen molar-refractivity contribution in [1.82, 2.24) is 0 Å². The predicted molar refractivity (Wildman–Crippen MR) is 150 cm³/mol. The van der Waals surface area contributed by atoms with Gasteiger partial charge in [-0.3, -0.25) is 0 Å². The molecule has 1 aliphatic heterocycles. The standard InChI is InChI=1S/C26H37NO10.C3H8O/c27-26(28)37-20-21-5-6-24-25(19-21)36-18-14-32-10-9-30-12-16-34-23-4-2-1-3-22(23)33-15-11-29-7-8-31-13-17-35-24;1-3-4-2/h1-6,19,22-23H,7-18,20H2,(H2,27,28);3H2,1-2H3. The van der Waals surface area contributed by atoms with E-state index in [1.165, 1.54) is 0 Å². The number of carbonyl (C=O) groups excluding carboxylic acids is 1. The summed E-state index contributed by atoms with van der Waals surface area (Å²) in [5, 5.41) is 0. The minimum Gasteiger partial charge on any atom is -0.487 e. The van der Waals surface area contributed by atoms with E-state index in [1.54, 1.807) is 25.3 Å². The van der Waals surface area contributed by atoms with Crippen molar-refractivity contribution in [1.29, 1.82) is 0 Å². The topological polar surface area (TPSA) is 135 Å². The van der Waals surface area contributed by atoms with Crippen LogP contribution >= 0.6 is 0 Å². The van der Waals surface area contributed by atoms with Crippen LogP contribution in [-0.2, 0) is 44.5 Å². The zero-order chi connectivity index (χ0) is 29.4. The molecular formula is C29H45NO11. The van der Waals surface area contributed by atoms with Gasteiger partial charge in [0, 0.05) is 13.7 Å². The summed E-state index contributed by atoms with van der Waals surface area (Å²) in [5.74, 6) is 1.05. The molecule has 0 spiro atoms. The van der Waals surface area contributed by atoms with Crippen molar-refractivity contribution < 1.29 is 52.2 Å². The quantitative estimate of drug-likeness (QED) is 0.563. The number of allylic oxidation sites excluding steroid dienone is 2. The second-order valence-corrected chi connectivity index (χ2v) is 8.55. The van der Waals surface area contributed by atoms with Gasteiger partial charge in [-0.25, -0.2) is 4.79 Å². The van der Waals surface area contributed by atoms with Crippen molar-refractivity contribution in [2.75, 3.05) is 93.0 Å². The van der Waals surface area contributed by atoms with Crippen LogP contribution in [-0.4, -0.2) is 111 Å². The number of amides is 1. The number of benzene rings is 1. The SMILES string of the molecule is CCOC.NC(=O)OCc1ccc2c(c1)OCCOCCOCCOC1C=CC=CC1OCCOCCOCCO2. The van der Waals surface area contributed by atoms with Crippen LogP contribution in [0, 0.1) is 0 Å². The van der Waals surface area contributed by atoms with E-state index in [0.29, 0.717) is 96.3 Å². The molecule has 41 heavy (non-hydrogen) atoms. The first kappa shape index (κ1) is 34.5. The number of hydrogen-bond donors (Lipinski definition) is 1. The first-order valence-electron chi connectivity index (χ1n) is 13.8. The molecule has 1 aromatic carbocycles. The van der Waals surface area contributed by atoms with Crippen molar-refractivity contribution in [2.24, 2.45) is 5.73 Å². The molecule has 0 aromatic heterocycles. The Labute approximate surface area is 242 Å². The molecule has 2 atom stereocenters. The van der Waals surface area contributed by atoms with Crippen LogP contribution in [0.4, 0.5) is 4.79 Å². The molecule has 1 amide bonds. The van der Waals surface area contributed by atoms with Crippen molar-refractivity contribution in [2.45, 2.75) is 25.7 Å². The lowest BCUT2D eigenvalue weighted by Gasteiger charge is -2.24. The van der Waals surface area contributed by atoms with Crippen molar-refractivity contribution in [3.63, 3.8) is 0 Å². The zero-order valence-electron chi connectivity index (χ0n) is 24.2. The van der Waals surface area contributed by atoms with E-state index >= 15 is 0 Å². The van der Waals surface area contributed by atoms with Crippen LogP contribution in [0.1, 0.15) is 12.5 Å². The first-order valence-corrected chi connectivity index (χ1v) is 13.8. The lowest BCUT2D eigenvalue weighted by Crippen LogP contribution is -2.32. The summed E-state index contributed by atoms with van der Waals surface area (Å²) >= 11 is 0. The predicted octanol–water partition coefficient (Wildman–Crippen LogP) is 2.67. The monoisotopic (exact) mass is 583 g/mol. The number of primary amides is 1. The summed E-state index contributed by atoms with van der Waals surface area (Å²) in [6, 6.07) is 5.26. The molecule has 0 bridgehead atoms. The van der Waals surface area contributed by atoms with Gasteiger partial charge in [0.1, 0.15) is 32.0 Å². The molecule has 2 N–H and O–H groups in total.